The van der Waals surface area contributed by atoms with Crippen LogP contribution < -0.4 is 5.14 Å². The minimum atomic E-state index is -4.34. The molecule has 0 atom stereocenters. The van der Waals surface area contributed by atoms with Crippen molar-refractivity contribution in [3.8, 4) is 0 Å². The molecule has 2 N–H and O–H groups in total. The van der Waals surface area contributed by atoms with Crippen LogP contribution in [-0.2, 0) is 19.9 Å². The van der Waals surface area contributed by atoms with E-state index in [1.807, 2.05) is 0 Å². The van der Waals surface area contributed by atoms with Crippen molar-refractivity contribution in [2.24, 2.45) is 5.14 Å². The van der Waals surface area contributed by atoms with Gasteiger partial charge in [0.05, 0.1) is 27.4 Å². The number of hydrogen-bond acceptors (Lipinski definition) is 8. The summed E-state index contributed by atoms with van der Waals surface area (Å²) in [5, 5.41) is 26.0. The third kappa shape index (κ3) is 4.44. The zero-order valence-electron chi connectivity index (χ0n) is 10.2. The summed E-state index contributed by atoms with van der Waals surface area (Å²) in [4.78, 5) is 18.5. The molecule has 116 valence electrons. The number of benzene rings is 1. The van der Waals surface area contributed by atoms with Gasteiger partial charge in [-0.15, -0.1) is 0 Å². The fourth-order valence-corrected chi connectivity index (χ4v) is 4.12. The molecule has 0 saturated carbocycles. The van der Waals surface area contributed by atoms with Crippen LogP contribution in [0.25, 0.3) is 0 Å². The minimum Gasteiger partial charge on any atom is -0.258 e. The summed E-state index contributed by atoms with van der Waals surface area (Å²) >= 11 is 0. The van der Waals surface area contributed by atoms with E-state index in [4.69, 9.17) is 0 Å². The second kappa shape index (κ2) is 5.71. The molecule has 0 spiro atoms. The molecule has 0 radical (unpaired) electrons. The van der Waals surface area contributed by atoms with Crippen LogP contribution in [0.1, 0.15) is 0 Å². The molecule has 0 unspecified atom stereocenters. The molecular formula is C8H9N3O8S2. The lowest BCUT2D eigenvalue weighted by Crippen LogP contribution is -2.23. The Bertz CT molecular complexity index is 799. The van der Waals surface area contributed by atoms with Gasteiger partial charge in [-0.25, -0.2) is 22.0 Å². The molecule has 0 saturated heterocycles. The number of sulfone groups is 1. The standard InChI is InChI=1S/C8H9N3O8S2/c9-21(18,19)4-3-20(16,17)8-2-1-6(10(12)13)5-7(8)11(14)15/h1-2,5H,3-4H2,(H2,9,18,19). The van der Waals surface area contributed by atoms with Crippen LogP contribution >= 0.6 is 0 Å². The van der Waals surface area contributed by atoms with Crippen LogP contribution in [0, 0.1) is 20.2 Å². The molecule has 0 aliphatic carbocycles. The zero-order valence-corrected chi connectivity index (χ0v) is 11.8. The molecule has 13 heteroatoms. The monoisotopic (exact) mass is 339 g/mol. The predicted octanol–water partition coefficient (Wildman–Crippen LogP) is -0.435. The van der Waals surface area contributed by atoms with E-state index in [2.05, 4.69) is 5.14 Å². The Labute approximate surface area is 118 Å². The number of primary sulfonamides is 1. The highest BCUT2D eigenvalue weighted by Crippen LogP contribution is 2.29. The van der Waals surface area contributed by atoms with E-state index in [1.165, 1.54) is 0 Å². The normalized spacial score (nSPS) is 12.0. The van der Waals surface area contributed by atoms with Crippen LogP contribution in [0.2, 0.25) is 0 Å². The minimum absolute atomic E-state index is 0.490. The van der Waals surface area contributed by atoms with Crippen molar-refractivity contribution in [2.45, 2.75) is 4.90 Å². The fraction of sp³-hybridized carbons (Fsp3) is 0.250. The van der Waals surface area contributed by atoms with E-state index >= 15 is 0 Å². The lowest BCUT2D eigenvalue weighted by atomic mass is 10.3. The third-order valence-electron chi connectivity index (χ3n) is 2.32. The Morgan fingerprint density at radius 1 is 1.00 bits per heavy atom. The van der Waals surface area contributed by atoms with Crippen LogP contribution in [-0.4, -0.2) is 38.2 Å². The first-order chi connectivity index (χ1) is 9.44. The highest BCUT2D eigenvalue weighted by atomic mass is 32.2. The maximum absolute atomic E-state index is 11.9. The fourth-order valence-electron chi connectivity index (χ4n) is 1.36. The van der Waals surface area contributed by atoms with Gasteiger partial charge in [0.25, 0.3) is 11.4 Å². The number of nitrogens with two attached hydrogens (primary N) is 1. The molecular weight excluding hydrogens is 330 g/mol. The van der Waals surface area contributed by atoms with Crippen molar-refractivity contribution >= 4 is 31.2 Å². The highest BCUT2D eigenvalue weighted by molar-refractivity contribution is 7.94. The smallest absolute Gasteiger partial charge is 0.258 e. The topological polar surface area (TPSA) is 181 Å². The second-order valence-electron chi connectivity index (χ2n) is 3.85. The lowest BCUT2D eigenvalue weighted by Gasteiger charge is -2.04. The maximum Gasteiger partial charge on any atom is 0.294 e. The average molecular weight is 339 g/mol. The van der Waals surface area contributed by atoms with Crippen molar-refractivity contribution in [2.75, 3.05) is 11.5 Å². The summed E-state index contributed by atoms with van der Waals surface area (Å²) in [5.74, 6) is -1.89. The number of sulfonamides is 1. The molecule has 0 aliphatic rings. The van der Waals surface area contributed by atoms with Crippen molar-refractivity contribution in [1.29, 1.82) is 0 Å². The van der Waals surface area contributed by atoms with E-state index in [1.54, 1.807) is 0 Å². The Balaban J connectivity index is 3.35. The maximum atomic E-state index is 11.9. The van der Waals surface area contributed by atoms with Crippen LogP contribution in [0.3, 0.4) is 0 Å². The van der Waals surface area contributed by atoms with Gasteiger partial charge in [0, 0.05) is 6.07 Å². The summed E-state index contributed by atoms with van der Waals surface area (Å²) in [7, 11) is -8.41. The van der Waals surface area contributed by atoms with Crippen molar-refractivity contribution in [1.82, 2.24) is 0 Å². The number of non-ortho nitro benzene ring substituents is 1. The van der Waals surface area contributed by atoms with E-state index in [0.29, 0.717) is 12.1 Å². The third-order valence-corrected chi connectivity index (χ3v) is 5.11. The molecule has 11 nitrogen and oxygen atoms in total. The molecule has 0 aromatic heterocycles. The summed E-state index contributed by atoms with van der Waals surface area (Å²) in [6.45, 7) is 0. The SMILES string of the molecule is NS(=O)(=O)CCS(=O)(=O)c1ccc([N+](=O)[O-])cc1[N+](=O)[O-]. The Hall–Kier alpha value is -2.12. The molecule has 1 rings (SSSR count). The van der Waals surface area contributed by atoms with Crippen LogP contribution in [0.5, 0.6) is 0 Å². The number of nitro benzene ring substituents is 2. The first-order valence-electron chi connectivity index (χ1n) is 5.10. The first-order valence-corrected chi connectivity index (χ1v) is 8.47. The van der Waals surface area contributed by atoms with Gasteiger partial charge >= 0.3 is 0 Å². The molecule has 0 aliphatic heterocycles. The number of nitro groups is 2. The van der Waals surface area contributed by atoms with E-state index in [-0.39, 0.29) is 0 Å². The molecule has 0 amide bonds. The molecule has 1 aromatic rings. The van der Waals surface area contributed by atoms with Crippen LogP contribution in [0.15, 0.2) is 23.1 Å². The molecule has 21 heavy (non-hydrogen) atoms. The van der Waals surface area contributed by atoms with Gasteiger partial charge in [0.15, 0.2) is 9.84 Å². The summed E-state index contributed by atoms with van der Waals surface area (Å²) in [5.41, 5.74) is -1.66. The van der Waals surface area contributed by atoms with Gasteiger partial charge in [-0.1, -0.05) is 0 Å². The summed E-state index contributed by atoms with van der Waals surface area (Å²) < 4.78 is 45.3. The van der Waals surface area contributed by atoms with Gasteiger partial charge in [-0.05, 0) is 6.07 Å². The van der Waals surface area contributed by atoms with Gasteiger partial charge in [-0.2, -0.15) is 0 Å². The predicted molar refractivity (Wildman–Crippen MR) is 69.8 cm³/mol. The number of rotatable bonds is 6. The molecule has 0 bridgehead atoms. The second-order valence-corrected chi connectivity index (χ2v) is 7.66. The van der Waals surface area contributed by atoms with Crippen molar-refractivity contribution in [3.63, 3.8) is 0 Å². The van der Waals surface area contributed by atoms with Crippen molar-refractivity contribution in [3.05, 3.63) is 38.4 Å². The first kappa shape index (κ1) is 16.9. The summed E-state index contributed by atoms with van der Waals surface area (Å²) in [6, 6.07) is 1.95. The Kier molecular flexibility index (Phi) is 4.60. The number of hydrogen-bond donors (Lipinski definition) is 1. The molecule has 1 aromatic carbocycles. The Morgan fingerprint density at radius 3 is 2.00 bits per heavy atom. The van der Waals surface area contributed by atoms with Crippen LogP contribution in [0.4, 0.5) is 11.4 Å². The molecule has 0 fully saturated rings. The highest BCUT2D eigenvalue weighted by Gasteiger charge is 2.29. The number of nitrogens with zero attached hydrogens (tertiary/aromatic N) is 2. The van der Waals surface area contributed by atoms with E-state index in [0.717, 1.165) is 6.07 Å². The van der Waals surface area contributed by atoms with Gasteiger partial charge in [0.1, 0.15) is 4.90 Å². The van der Waals surface area contributed by atoms with E-state index < -0.39 is 57.5 Å². The zero-order chi connectivity index (χ0) is 16.4. The quantitative estimate of drug-likeness (QED) is 0.534. The van der Waals surface area contributed by atoms with Crippen molar-refractivity contribution < 1.29 is 26.7 Å². The average Bonchev–Trinajstić information content (AvgIpc) is 2.35. The summed E-state index contributed by atoms with van der Waals surface area (Å²) in [6.07, 6.45) is 0. The van der Waals surface area contributed by atoms with Gasteiger partial charge < -0.3 is 0 Å². The van der Waals surface area contributed by atoms with Gasteiger partial charge in [0.2, 0.25) is 10.0 Å². The largest absolute Gasteiger partial charge is 0.294 e. The Morgan fingerprint density at radius 2 is 1.57 bits per heavy atom. The van der Waals surface area contributed by atoms with E-state index in [9.17, 15) is 37.1 Å². The van der Waals surface area contributed by atoms with Gasteiger partial charge in [-0.3, -0.25) is 20.2 Å². The lowest BCUT2D eigenvalue weighted by molar-refractivity contribution is -0.396. The molecule has 0 heterocycles.